The molecule has 5 rings (SSSR count). The Hall–Kier alpha value is -3.22. The summed E-state index contributed by atoms with van der Waals surface area (Å²) in [6.45, 7) is 4.16. The summed E-state index contributed by atoms with van der Waals surface area (Å²) in [4.78, 5) is 6.66. The van der Waals surface area contributed by atoms with Gasteiger partial charge in [0.25, 0.3) is 0 Å². The molecule has 0 saturated carbocycles. The quantitative estimate of drug-likeness (QED) is 0.343. The molecule has 2 unspecified atom stereocenters. The van der Waals surface area contributed by atoms with Gasteiger partial charge in [0, 0.05) is 23.3 Å². The lowest BCUT2D eigenvalue weighted by Gasteiger charge is -2.28. The van der Waals surface area contributed by atoms with Crippen LogP contribution in [-0.4, -0.2) is 14.7 Å². The average molecular weight is 477 g/mol. The predicted molar refractivity (Wildman–Crippen MR) is 135 cm³/mol. The van der Waals surface area contributed by atoms with Crippen LogP contribution in [0.15, 0.2) is 79.0 Å². The molecule has 0 radical (unpaired) electrons. The van der Waals surface area contributed by atoms with Crippen molar-refractivity contribution in [1.82, 2.24) is 14.9 Å². The molecule has 1 aliphatic rings. The van der Waals surface area contributed by atoms with Crippen molar-refractivity contribution in [2.75, 3.05) is 4.90 Å². The third-order valence-corrected chi connectivity index (χ3v) is 6.72. The predicted octanol–water partition coefficient (Wildman–Crippen LogP) is 6.46. The Labute approximate surface area is 202 Å². The van der Waals surface area contributed by atoms with E-state index >= 15 is 0 Å². The van der Waals surface area contributed by atoms with Crippen molar-refractivity contribution in [3.63, 3.8) is 0 Å². The van der Waals surface area contributed by atoms with Crippen LogP contribution in [-0.2, 0) is 0 Å². The van der Waals surface area contributed by atoms with Crippen LogP contribution >= 0.6 is 23.8 Å². The van der Waals surface area contributed by atoms with E-state index in [1.54, 1.807) is 18.3 Å². The highest BCUT2D eigenvalue weighted by atomic mass is 35.5. The van der Waals surface area contributed by atoms with E-state index in [-0.39, 0.29) is 17.9 Å². The van der Waals surface area contributed by atoms with E-state index in [4.69, 9.17) is 23.8 Å². The third kappa shape index (κ3) is 3.79. The maximum Gasteiger partial charge on any atom is 0.174 e. The summed E-state index contributed by atoms with van der Waals surface area (Å²) in [5.74, 6) is -0.286. The van der Waals surface area contributed by atoms with Gasteiger partial charge in [-0.1, -0.05) is 29.8 Å². The van der Waals surface area contributed by atoms with Crippen LogP contribution in [0.1, 0.15) is 34.7 Å². The van der Waals surface area contributed by atoms with Gasteiger partial charge in [0.1, 0.15) is 5.82 Å². The number of anilines is 1. The van der Waals surface area contributed by atoms with Gasteiger partial charge in [-0.3, -0.25) is 4.98 Å². The van der Waals surface area contributed by atoms with Crippen molar-refractivity contribution in [3.8, 4) is 5.69 Å². The second-order valence-electron chi connectivity index (χ2n) is 8.09. The van der Waals surface area contributed by atoms with Crippen LogP contribution in [0.2, 0.25) is 5.02 Å². The number of pyridine rings is 1. The van der Waals surface area contributed by atoms with Gasteiger partial charge in [-0.25, -0.2) is 4.39 Å². The van der Waals surface area contributed by atoms with Crippen LogP contribution in [0.25, 0.3) is 5.69 Å². The van der Waals surface area contributed by atoms with Crippen molar-refractivity contribution < 1.29 is 4.39 Å². The van der Waals surface area contributed by atoms with Gasteiger partial charge in [0.15, 0.2) is 5.11 Å². The van der Waals surface area contributed by atoms with E-state index in [0.29, 0.717) is 10.1 Å². The monoisotopic (exact) mass is 476 g/mol. The zero-order chi connectivity index (χ0) is 23.1. The number of nitrogens with zero attached hydrogens (tertiary/aromatic N) is 3. The zero-order valence-electron chi connectivity index (χ0n) is 18.2. The van der Waals surface area contributed by atoms with E-state index in [9.17, 15) is 4.39 Å². The first-order valence-corrected chi connectivity index (χ1v) is 11.4. The number of para-hydroxylation sites is 1. The standard InChI is InChI=1S/C26H22ClFN4S/c1-16-15-20(17(2)31(16)23-9-4-3-7-21(23)27)25-24(22-8-5-6-14-29-22)30-26(33)32(25)19-12-10-18(28)11-13-19/h3-15,24-25H,1-2H3,(H,30,33). The number of rotatable bonds is 4. The Kier molecular flexibility index (Phi) is 5.64. The maximum absolute atomic E-state index is 13.7. The molecule has 0 amide bonds. The molecule has 0 spiro atoms. The molecule has 2 aromatic carbocycles. The molecule has 1 fully saturated rings. The maximum atomic E-state index is 13.7. The molecule has 2 atom stereocenters. The number of aryl methyl sites for hydroxylation is 1. The smallest absolute Gasteiger partial charge is 0.174 e. The Morgan fingerprint density at radius 2 is 1.73 bits per heavy atom. The Morgan fingerprint density at radius 1 is 1.00 bits per heavy atom. The molecule has 3 heterocycles. The van der Waals surface area contributed by atoms with E-state index < -0.39 is 0 Å². The minimum atomic E-state index is -0.286. The Morgan fingerprint density at radius 3 is 2.42 bits per heavy atom. The molecule has 0 bridgehead atoms. The van der Waals surface area contributed by atoms with Crippen LogP contribution in [0.5, 0.6) is 0 Å². The Bertz CT molecular complexity index is 1320. The lowest BCUT2D eigenvalue weighted by Crippen LogP contribution is -2.29. The SMILES string of the molecule is Cc1cc(C2C(c3ccccn3)NC(=S)N2c2ccc(F)cc2)c(C)n1-c1ccccc1Cl. The fraction of sp³-hybridized carbons (Fsp3) is 0.154. The summed E-state index contributed by atoms with van der Waals surface area (Å²) in [6, 6.07) is 21.9. The van der Waals surface area contributed by atoms with Gasteiger partial charge in [-0.15, -0.1) is 0 Å². The van der Waals surface area contributed by atoms with E-state index in [1.807, 2.05) is 47.4 Å². The summed E-state index contributed by atoms with van der Waals surface area (Å²) >= 11 is 12.3. The molecule has 0 aliphatic carbocycles. The molecule has 166 valence electrons. The molecule has 4 nitrogen and oxygen atoms in total. The third-order valence-electron chi connectivity index (χ3n) is 6.09. The largest absolute Gasteiger partial charge is 0.351 e. The summed E-state index contributed by atoms with van der Waals surface area (Å²) in [5.41, 5.74) is 5.85. The van der Waals surface area contributed by atoms with Gasteiger partial charge in [-0.05, 0) is 86.2 Å². The van der Waals surface area contributed by atoms with Crippen molar-refractivity contribution in [1.29, 1.82) is 0 Å². The molecule has 7 heteroatoms. The number of nitrogens with one attached hydrogen (secondary N) is 1. The van der Waals surface area contributed by atoms with Gasteiger partial charge >= 0.3 is 0 Å². The van der Waals surface area contributed by atoms with Crippen molar-refractivity contribution in [2.45, 2.75) is 25.9 Å². The molecule has 33 heavy (non-hydrogen) atoms. The number of benzene rings is 2. The first-order valence-electron chi connectivity index (χ1n) is 10.7. The second-order valence-corrected chi connectivity index (χ2v) is 8.88. The lowest BCUT2D eigenvalue weighted by atomic mass is 9.96. The van der Waals surface area contributed by atoms with Gasteiger partial charge < -0.3 is 14.8 Å². The van der Waals surface area contributed by atoms with Crippen molar-refractivity contribution >= 4 is 34.6 Å². The molecular formula is C26H22ClFN4S. The fourth-order valence-corrected chi connectivity index (χ4v) is 5.21. The average Bonchev–Trinajstić information content (AvgIpc) is 3.31. The number of thiocarbonyl (C=S) groups is 1. The summed E-state index contributed by atoms with van der Waals surface area (Å²) < 4.78 is 15.8. The van der Waals surface area contributed by atoms with Crippen LogP contribution in [0.3, 0.4) is 0 Å². The molecule has 4 aromatic rings. The first kappa shape index (κ1) is 21.6. The van der Waals surface area contributed by atoms with E-state index in [1.165, 1.54) is 12.1 Å². The molecule has 1 saturated heterocycles. The number of hydrogen-bond donors (Lipinski definition) is 1. The lowest BCUT2D eigenvalue weighted by molar-refractivity contribution is 0.565. The normalized spacial score (nSPS) is 17.9. The minimum absolute atomic E-state index is 0.177. The highest BCUT2D eigenvalue weighted by Gasteiger charge is 2.42. The van der Waals surface area contributed by atoms with Crippen LogP contribution in [0, 0.1) is 19.7 Å². The van der Waals surface area contributed by atoms with Crippen molar-refractivity contribution in [3.05, 3.63) is 112 Å². The summed E-state index contributed by atoms with van der Waals surface area (Å²) in [6.07, 6.45) is 1.78. The zero-order valence-corrected chi connectivity index (χ0v) is 19.7. The summed E-state index contributed by atoms with van der Waals surface area (Å²) in [5, 5.41) is 4.71. The molecule has 1 N–H and O–H groups in total. The first-order chi connectivity index (χ1) is 16.0. The number of hydrogen-bond acceptors (Lipinski definition) is 2. The van der Waals surface area contributed by atoms with E-state index in [0.717, 1.165) is 34.0 Å². The number of aromatic nitrogens is 2. The van der Waals surface area contributed by atoms with E-state index in [2.05, 4.69) is 34.8 Å². The molecule has 1 aliphatic heterocycles. The highest BCUT2D eigenvalue weighted by Crippen LogP contribution is 2.44. The van der Waals surface area contributed by atoms with Gasteiger partial charge in [-0.2, -0.15) is 0 Å². The molecular weight excluding hydrogens is 455 g/mol. The number of halogens is 2. The van der Waals surface area contributed by atoms with Crippen molar-refractivity contribution in [2.24, 2.45) is 0 Å². The minimum Gasteiger partial charge on any atom is -0.351 e. The highest BCUT2D eigenvalue weighted by molar-refractivity contribution is 7.80. The second kappa shape index (κ2) is 8.61. The topological polar surface area (TPSA) is 33.1 Å². The Balaban J connectivity index is 1.69. The van der Waals surface area contributed by atoms with Crippen LogP contribution in [0.4, 0.5) is 10.1 Å². The fourth-order valence-electron chi connectivity index (χ4n) is 4.64. The van der Waals surface area contributed by atoms with Gasteiger partial charge in [0.2, 0.25) is 0 Å². The molecule has 2 aromatic heterocycles. The van der Waals surface area contributed by atoms with Gasteiger partial charge in [0.05, 0.1) is 28.5 Å². The summed E-state index contributed by atoms with van der Waals surface area (Å²) in [7, 11) is 0. The van der Waals surface area contributed by atoms with Crippen LogP contribution < -0.4 is 10.2 Å².